The summed E-state index contributed by atoms with van der Waals surface area (Å²) in [6.45, 7) is 1.92. The lowest BCUT2D eigenvalue weighted by Gasteiger charge is -2.21. The van der Waals surface area contributed by atoms with Crippen molar-refractivity contribution < 1.29 is 9.90 Å². The van der Waals surface area contributed by atoms with E-state index in [1.807, 2.05) is 13.2 Å². The molecular weight excluding hydrogens is 304 g/mol. The van der Waals surface area contributed by atoms with E-state index in [1.54, 1.807) is 12.3 Å². The molecule has 0 radical (unpaired) electrons. The SMILES string of the molecule is CS[C@@H](CO)[C@@H](C)NC(=O)c1cncc(Br)c1. The summed E-state index contributed by atoms with van der Waals surface area (Å²) in [6.07, 6.45) is 5.04. The summed E-state index contributed by atoms with van der Waals surface area (Å²) in [4.78, 5) is 15.8. The standard InChI is InChI=1S/C11H15BrN2O2S/c1-7(10(6-15)17-2)14-11(16)8-3-9(12)5-13-4-8/h3-5,7,10,15H,6H2,1-2H3,(H,14,16)/t7-,10+/m1/s1. The fourth-order valence-corrected chi connectivity index (χ4v) is 2.35. The number of amides is 1. The number of carbonyl (C=O) groups is 1. The Bertz CT molecular complexity index is 385. The quantitative estimate of drug-likeness (QED) is 0.867. The van der Waals surface area contributed by atoms with Crippen LogP contribution in [0.3, 0.4) is 0 Å². The van der Waals surface area contributed by atoms with E-state index in [2.05, 4.69) is 26.2 Å². The van der Waals surface area contributed by atoms with Crippen molar-refractivity contribution >= 4 is 33.6 Å². The van der Waals surface area contributed by atoms with Crippen molar-refractivity contribution in [3.05, 3.63) is 28.5 Å². The molecule has 94 valence electrons. The van der Waals surface area contributed by atoms with Gasteiger partial charge in [-0.1, -0.05) is 0 Å². The Morgan fingerprint density at radius 2 is 2.35 bits per heavy atom. The van der Waals surface area contributed by atoms with Gasteiger partial charge in [-0.3, -0.25) is 9.78 Å². The summed E-state index contributed by atoms with van der Waals surface area (Å²) >= 11 is 4.80. The van der Waals surface area contributed by atoms with Gasteiger partial charge < -0.3 is 10.4 Å². The number of hydrogen-bond acceptors (Lipinski definition) is 4. The van der Waals surface area contributed by atoms with Gasteiger partial charge in [0.2, 0.25) is 0 Å². The Kier molecular flexibility index (Phi) is 5.94. The maximum atomic E-state index is 11.9. The molecule has 1 aromatic heterocycles. The molecule has 1 aromatic rings. The largest absolute Gasteiger partial charge is 0.395 e. The van der Waals surface area contributed by atoms with Crippen LogP contribution < -0.4 is 5.32 Å². The predicted octanol–water partition coefficient (Wildman–Crippen LogP) is 1.69. The van der Waals surface area contributed by atoms with Gasteiger partial charge in [0.05, 0.1) is 12.2 Å². The molecule has 17 heavy (non-hydrogen) atoms. The molecular formula is C11H15BrN2O2S. The van der Waals surface area contributed by atoms with Crippen LogP contribution in [-0.2, 0) is 0 Å². The van der Waals surface area contributed by atoms with E-state index in [9.17, 15) is 4.79 Å². The van der Waals surface area contributed by atoms with Crippen LogP contribution in [0.25, 0.3) is 0 Å². The number of carbonyl (C=O) groups excluding carboxylic acids is 1. The Morgan fingerprint density at radius 1 is 1.65 bits per heavy atom. The van der Waals surface area contributed by atoms with Gasteiger partial charge in [0.1, 0.15) is 0 Å². The van der Waals surface area contributed by atoms with Crippen molar-refractivity contribution in [3.8, 4) is 0 Å². The van der Waals surface area contributed by atoms with Crippen LogP contribution in [0, 0.1) is 0 Å². The van der Waals surface area contributed by atoms with Gasteiger partial charge in [0.15, 0.2) is 0 Å². The predicted molar refractivity (Wildman–Crippen MR) is 73.3 cm³/mol. The average Bonchev–Trinajstić information content (AvgIpc) is 2.30. The van der Waals surface area contributed by atoms with E-state index >= 15 is 0 Å². The first kappa shape index (κ1) is 14.5. The van der Waals surface area contributed by atoms with Gasteiger partial charge in [0, 0.05) is 28.2 Å². The van der Waals surface area contributed by atoms with Crippen LogP contribution in [0.2, 0.25) is 0 Å². The zero-order valence-corrected chi connectivity index (χ0v) is 12.1. The molecule has 0 fully saturated rings. The van der Waals surface area contributed by atoms with Crippen molar-refractivity contribution in [1.82, 2.24) is 10.3 Å². The summed E-state index contributed by atoms with van der Waals surface area (Å²) in [5, 5.41) is 12.0. The second-order valence-electron chi connectivity index (χ2n) is 3.61. The van der Waals surface area contributed by atoms with Gasteiger partial charge in [-0.05, 0) is 35.2 Å². The lowest BCUT2D eigenvalue weighted by molar-refractivity contribution is 0.0935. The molecule has 0 aromatic carbocycles. The van der Waals surface area contributed by atoms with Crippen LogP contribution in [0.4, 0.5) is 0 Å². The molecule has 4 nitrogen and oxygen atoms in total. The highest BCUT2D eigenvalue weighted by Crippen LogP contribution is 2.12. The molecule has 1 heterocycles. The minimum atomic E-state index is -0.182. The van der Waals surface area contributed by atoms with E-state index < -0.39 is 0 Å². The third kappa shape index (κ3) is 4.29. The van der Waals surface area contributed by atoms with Crippen LogP contribution in [0.1, 0.15) is 17.3 Å². The highest BCUT2D eigenvalue weighted by atomic mass is 79.9. The van der Waals surface area contributed by atoms with Gasteiger partial charge in [-0.2, -0.15) is 11.8 Å². The molecule has 0 aliphatic carbocycles. The third-order valence-corrected chi connectivity index (χ3v) is 3.96. The maximum Gasteiger partial charge on any atom is 0.253 e. The van der Waals surface area contributed by atoms with E-state index in [4.69, 9.17) is 5.11 Å². The highest BCUT2D eigenvalue weighted by molar-refractivity contribution is 9.10. The van der Waals surface area contributed by atoms with Gasteiger partial charge >= 0.3 is 0 Å². The summed E-state index contributed by atoms with van der Waals surface area (Å²) in [5.41, 5.74) is 0.504. The third-order valence-electron chi connectivity index (χ3n) is 2.37. The Hall–Kier alpha value is -0.590. The average molecular weight is 319 g/mol. The molecule has 1 rings (SSSR count). The van der Waals surface area contributed by atoms with Crippen LogP contribution >= 0.6 is 27.7 Å². The Labute approximate surface area is 113 Å². The number of aliphatic hydroxyl groups excluding tert-OH is 1. The van der Waals surface area contributed by atoms with Gasteiger partial charge in [-0.15, -0.1) is 0 Å². The Balaban J connectivity index is 2.66. The van der Waals surface area contributed by atoms with Gasteiger partial charge in [0.25, 0.3) is 5.91 Å². The highest BCUT2D eigenvalue weighted by Gasteiger charge is 2.18. The van der Waals surface area contributed by atoms with Crippen molar-refractivity contribution in [2.75, 3.05) is 12.9 Å². The number of hydrogen-bond donors (Lipinski definition) is 2. The summed E-state index contributed by atoms with van der Waals surface area (Å²) < 4.78 is 0.765. The minimum Gasteiger partial charge on any atom is -0.395 e. The van der Waals surface area contributed by atoms with E-state index in [-0.39, 0.29) is 23.8 Å². The monoisotopic (exact) mass is 318 g/mol. The fourth-order valence-electron chi connectivity index (χ4n) is 1.36. The second-order valence-corrected chi connectivity index (χ2v) is 5.60. The number of thioether (sulfide) groups is 1. The number of pyridine rings is 1. The fraction of sp³-hybridized carbons (Fsp3) is 0.455. The van der Waals surface area contributed by atoms with Crippen LogP contribution in [0.5, 0.6) is 0 Å². The zero-order valence-electron chi connectivity index (χ0n) is 9.68. The van der Waals surface area contributed by atoms with Crippen molar-refractivity contribution in [3.63, 3.8) is 0 Å². The summed E-state index contributed by atoms with van der Waals surface area (Å²) in [7, 11) is 0. The zero-order chi connectivity index (χ0) is 12.8. The lowest BCUT2D eigenvalue weighted by Crippen LogP contribution is -2.41. The topological polar surface area (TPSA) is 62.2 Å². The Morgan fingerprint density at radius 3 is 2.88 bits per heavy atom. The first-order chi connectivity index (χ1) is 8.08. The second kappa shape index (κ2) is 6.98. The minimum absolute atomic E-state index is 0.000868. The van der Waals surface area contributed by atoms with E-state index in [1.165, 1.54) is 18.0 Å². The maximum absolute atomic E-state index is 11.9. The first-order valence-corrected chi connectivity index (χ1v) is 7.21. The van der Waals surface area contributed by atoms with E-state index in [0.29, 0.717) is 5.56 Å². The van der Waals surface area contributed by atoms with Crippen LogP contribution in [0.15, 0.2) is 22.9 Å². The molecule has 2 atom stereocenters. The molecule has 0 saturated heterocycles. The molecule has 0 saturated carbocycles. The molecule has 6 heteroatoms. The summed E-state index contributed by atoms with van der Waals surface area (Å²) in [5.74, 6) is -0.182. The number of aromatic nitrogens is 1. The molecule has 0 unspecified atom stereocenters. The molecule has 0 bridgehead atoms. The van der Waals surface area contributed by atoms with Crippen LogP contribution in [-0.4, -0.2) is 40.2 Å². The normalized spacial score (nSPS) is 14.1. The summed E-state index contributed by atoms with van der Waals surface area (Å²) in [6, 6.07) is 1.61. The van der Waals surface area contributed by atoms with E-state index in [0.717, 1.165) is 4.47 Å². The lowest BCUT2D eigenvalue weighted by atomic mass is 10.2. The molecule has 0 spiro atoms. The number of halogens is 1. The van der Waals surface area contributed by atoms with Crippen molar-refractivity contribution in [2.45, 2.75) is 18.2 Å². The molecule has 1 amide bonds. The molecule has 2 N–H and O–H groups in total. The number of nitrogens with zero attached hydrogens (tertiary/aromatic N) is 1. The first-order valence-electron chi connectivity index (χ1n) is 5.13. The van der Waals surface area contributed by atoms with Gasteiger partial charge in [-0.25, -0.2) is 0 Å². The molecule has 0 aliphatic rings. The van der Waals surface area contributed by atoms with Crippen molar-refractivity contribution in [2.24, 2.45) is 0 Å². The smallest absolute Gasteiger partial charge is 0.253 e. The number of rotatable bonds is 5. The number of nitrogens with one attached hydrogen (secondary N) is 1. The molecule has 0 aliphatic heterocycles. The number of aliphatic hydroxyl groups is 1. The van der Waals surface area contributed by atoms with Crippen molar-refractivity contribution in [1.29, 1.82) is 0 Å².